The van der Waals surface area contributed by atoms with Crippen LogP contribution in [0, 0.1) is 0 Å². The first-order valence-electron chi connectivity index (χ1n) is 10.3. The minimum Gasteiger partial charge on any atom is -0.452 e. The summed E-state index contributed by atoms with van der Waals surface area (Å²) in [6, 6.07) is 3.82. The maximum atomic E-state index is 13.2. The molecule has 1 heterocycles. The maximum absolute atomic E-state index is 13.2. The molecule has 1 aliphatic heterocycles. The fraction of sp³-hybridized carbons (Fsp3) is 0.619. The molecule has 0 radical (unpaired) electrons. The summed E-state index contributed by atoms with van der Waals surface area (Å²) in [5.74, 6) is -1.12. The molecule has 174 valence electrons. The van der Waals surface area contributed by atoms with Gasteiger partial charge in [-0.05, 0) is 59.7 Å². The molecule has 1 fully saturated rings. The molecular formula is C21H31ClN2O6S. The van der Waals surface area contributed by atoms with Gasteiger partial charge in [0.05, 0.1) is 22.8 Å². The number of esters is 1. The molecule has 2 rings (SSSR count). The Hall–Kier alpha value is -1.68. The van der Waals surface area contributed by atoms with Crippen LogP contribution >= 0.6 is 11.6 Å². The van der Waals surface area contributed by atoms with Gasteiger partial charge in [0.15, 0.2) is 6.61 Å². The Bertz CT molecular complexity index is 900. The van der Waals surface area contributed by atoms with Crippen molar-refractivity contribution in [3.05, 3.63) is 28.8 Å². The Morgan fingerprint density at radius 2 is 1.71 bits per heavy atom. The van der Waals surface area contributed by atoms with E-state index in [-0.39, 0.29) is 58.8 Å². The molecule has 1 saturated heterocycles. The van der Waals surface area contributed by atoms with Crippen LogP contribution in [-0.4, -0.2) is 73.5 Å². The third-order valence-electron chi connectivity index (χ3n) is 4.90. The number of carbonyl (C=O) groups excluding carboxylic acids is 2. The Morgan fingerprint density at radius 1 is 1.16 bits per heavy atom. The number of sulfonamides is 1. The van der Waals surface area contributed by atoms with Crippen molar-refractivity contribution in [2.24, 2.45) is 0 Å². The van der Waals surface area contributed by atoms with Crippen molar-refractivity contribution in [1.82, 2.24) is 9.21 Å². The summed E-state index contributed by atoms with van der Waals surface area (Å²) in [4.78, 5) is 26.4. The van der Waals surface area contributed by atoms with E-state index in [9.17, 15) is 18.0 Å². The lowest BCUT2D eigenvalue weighted by Gasteiger charge is -2.34. The van der Waals surface area contributed by atoms with E-state index in [1.165, 1.54) is 22.5 Å². The summed E-state index contributed by atoms with van der Waals surface area (Å²) < 4.78 is 38.4. The number of amides is 1. The highest BCUT2D eigenvalue weighted by atomic mass is 35.5. The van der Waals surface area contributed by atoms with E-state index in [1.807, 2.05) is 27.7 Å². The summed E-state index contributed by atoms with van der Waals surface area (Å²) in [7, 11) is -3.94. The van der Waals surface area contributed by atoms with Gasteiger partial charge in [-0.15, -0.1) is 0 Å². The van der Waals surface area contributed by atoms with Crippen LogP contribution in [0.2, 0.25) is 5.02 Å². The van der Waals surface area contributed by atoms with Crippen LogP contribution in [0.3, 0.4) is 0 Å². The first-order chi connectivity index (χ1) is 14.3. The highest BCUT2D eigenvalue weighted by Crippen LogP contribution is 2.28. The third kappa shape index (κ3) is 6.19. The molecule has 0 unspecified atom stereocenters. The fourth-order valence-electron chi connectivity index (χ4n) is 3.75. The van der Waals surface area contributed by atoms with Gasteiger partial charge < -0.3 is 14.4 Å². The summed E-state index contributed by atoms with van der Waals surface area (Å²) in [5.41, 5.74) is 0.00535. The van der Waals surface area contributed by atoms with Crippen LogP contribution in [0.25, 0.3) is 0 Å². The zero-order valence-corrected chi connectivity index (χ0v) is 20.4. The standard InChI is InChI=1S/C21H31ClN2O6S/c1-13(2)24(14(3)4)20(25)12-29-21(26)17-7-8-18(22)19(9-17)31(27,28)23-10-15(5)30-16(6)11-23/h7-9,13-16H,10-12H2,1-6H3/t15-,16-/m1/s1. The molecule has 0 spiro atoms. The fourth-order valence-corrected chi connectivity index (χ4v) is 5.84. The molecule has 1 aliphatic rings. The van der Waals surface area contributed by atoms with Gasteiger partial charge in [0.25, 0.3) is 5.91 Å². The van der Waals surface area contributed by atoms with Crippen molar-refractivity contribution in [2.45, 2.75) is 70.7 Å². The molecule has 0 saturated carbocycles. The van der Waals surface area contributed by atoms with Gasteiger partial charge in [0.1, 0.15) is 4.90 Å². The van der Waals surface area contributed by atoms with Crippen LogP contribution < -0.4 is 0 Å². The first kappa shape index (κ1) is 25.6. The summed E-state index contributed by atoms with van der Waals surface area (Å²) >= 11 is 6.17. The van der Waals surface area contributed by atoms with Gasteiger partial charge in [-0.1, -0.05) is 11.6 Å². The molecule has 1 amide bonds. The lowest BCUT2D eigenvalue weighted by Crippen LogP contribution is -2.48. The number of hydrogen-bond acceptors (Lipinski definition) is 6. The van der Waals surface area contributed by atoms with Gasteiger partial charge in [-0.25, -0.2) is 13.2 Å². The highest BCUT2D eigenvalue weighted by Gasteiger charge is 2.34. The van der Waals surface area contributed by atoms with Crippen molar-refractivity contribution in [3.63, 3.8) is 0 Å². The van der Waals surface area contributed by atoms with E-state index in [1.54, 1.807) is 18.7 Å². The molecule has 8 nitrogen and oxygen atoms in total. The lowest BCUT2D eigenvalue weighted by molar-refractivity contribution is -0.138. The second-order valence-corrected chi connectivity index (χ2v) is 10.6. The van der Waals surface area contributed by atoms with Crippen LogP contribution in [0.5, 0.6) is 0 Å². The smallest absolute Gasteiger partial charge is 0.338 e. The number of halogens is 1. The van der Waals surface area contributed by atoms with Crippen LogP contribution in [0.4, 0.5) is 0 Å². The molecule has 0 bridgehead atoms. The quantitative estimate of drug-likeness (QED) is 0.564. The van der Waals surface area contributed by atoms with E-state index in [4.69, 9.17) is 21.1 Å². The number of ether oxygens (including phenoxy) is 2. The third-order valence-corrected chi connectivity index (χ3v) is 7.21. The Morgan fingerprint density at radius 3 is 2.23 bits per heavy atom. The molecule has 2 atom stereocenters. The number of hydrogen-bond donors (Lipinski definition) is 0. The maximum Gasteiger partial charge on any atom is 0.338 e. The molecule has 0 aliphatic carbocycles. The van der Waals surface area contributed by atoms with Gasteiger partial charge in [0, 0.05) is 25.2 Å². The van der Waals surface area contributed by atoms with E-state index in [2.05, 4.69) is 0 Å². The monoisotopic (exact) mass is 474 g/mol. The SMILES string of the molecule is CC(C)N(C(=O)COC(=O)c1ccc(Cl)c(S(=O)(=O)N2C[C@@H](C)O[C@H](C)C2)c1)C(C)C. The van der Waals surface area contributed by atoms with Gasteiger partial charge in [-0.3, -0.25) is 4.79 Å². The zero-order chi connectivity index (χ0) is 23.5. The van der Waals surface area contributed by atoms with Crippen LogP contribution in [-0.2, 0) is 24.3 Å². The van der Waals surface area contributed by atoms with Crippen molar-refractivity contribution in [3.8, 4) is 0 Å². The number of benzene rings is 1. The minimum atomic E-state index is -3.94. The van der Waals surface area contributed by atoms with Crippen molar-refractivity contribution >= 4 is 33.5 Å². The first-order valence-corrected chi connectivity index (χ1v) is 12.1. The number of morpholine rings is 1. The van der Waals surface area contributed by atoms with E-state index in [0.717, 1.165) is 0 Å². The van der Waals surface area contributed by atoms with Crippen molar-refractivity contribution in [1.29, 1.82) is 0 Å². The van der Waals surface area contributed by atoms with Crippen LogP contribution in [0.15, 0.2) is 23.1 Å². The average Bonchev–Trinajstić information content (AvgIpc) is 2.65. The molecular weight excluding hydrogens is 444 g/mol. The van der Waals surface area contributed by atoms with Gasteiger partial charge >= 0.3 is 5.97 Å². The Labute approximate surface area is 189 Å². The molecule has 0 aromatic heterocycles. The van der Waals surface area contributed by atoms with E-state index >= 15 is 0 Å². The summed E-state index contributed by atoms with van der Waals surface area (Å²) in [6.07, 6.45) is -0.525. The second kappa shape index (κ2) is 10.3. The van der Waals surface area contributed by atoms with Crippen molar-refractivity contribution < 1.29 is 27.5 Å². The van der Waals surface area contributed by atoms with Gasteiger partial charge in [0.2, 0.25) is 10.0 Å². The van der Waals surface area contributed by atoms with E-state index in [0.29, 0.717) is 0 Å². The van der Waals surface area contributed by atoms with Crippen LogP contribution in [0.1, 0.15) is 51.9 Å². The number of nitrogens with zero attached hydrogens (tertiary/aromatic N) is 2. The molecule has 31 heavy (non-hydrogen) atoms. The number of carbonyl (C=O) groups is 2. The Kier molecular flexibility index (Phi) is 8.49. The minimum absolute atomic E-state index is 0.00483. The molecule has 0 N–H and O–H groups in total. The highest BCUT2D eigenvalue weighted by molar-refractivity contribution is 7.89. The van der Waals surface area contributed by atoms with Gasteiger partial charge in [-0.2, -0.15) is 4.31 Å². The summed E-state index contributed by atoms with van der Waals surface area (Å²) in [5, 5.41) is 0.00483. The predicted octanol–water partition coefficient (Wildman–Crippen LogP) is 2.94. The average molecular weight is 475 g/mol. The zero-order valence-electron chi connectivity index (χ0n) is 18.8. The predicted molar refractivity (Wildman–Crippen MR) is 118 cm³/mol. The normalized spacial score (nSPS) is 20.2. The summed E-state index contributed by atoms with van der Waals surface area (Å²) in [6.45, 7) is 11.0. The Balaban J connectivity index is 2.20. The lowest BCUT2D eigenvalue weighted by atomic mass is 10.2. The second-order valence-electron chi connectivity index (χ2n) is 8.29. The molecule has 1 aromatic rings. The number of rotatable bonds is 7. The topological polar surface area (TPSA) is 93.2 Å². The molecule has 10 heteroatoms. The largest absolute Gasteiger partial charge is 0.452 e. The van der Waals surface area contributed by atoms with Crippen molar-refractivity contribution in [2.75, 3.05) is 19.7 Å². The van der Waals surface area contributed by atoms with E-state index < -0.39 is 22.6 Å². The molecule has 1 aromatic carbocycles.